The molecule has 0 saturated carbocycles. The molecule has 0 aliphatic heterocycles. The zero-order chi connectivity index (χ0) is 6.91. The van der Waals surface area contributed by atoms with E-state index in [1.807, 2.05) is 25.2 Å². The van der Waals surface area contributed by atoms with E-state index in [4.69, 9.17) is 11.5 Å². The predicted molar refractivity (Wildman–Crippen MR) is 38.6 cm³/mol. The van der Waals surface area contributed by atoms with Crippen molar-refractivity contribution in [3.8, 4) is 0 Å². The molecule has 0 saturated heterocycles. The van der Waals surface area contributed by atoms with E-state index in [2.05, 4.69) is 0 Å². The molecule has 50 valence electrons. The fourth-order valence-corrected chi connectivity index (χ4v) is 0.937. The smallest absolute Gasteiger partial charge is 0.0368 e. The van der Waals surface area contributed by atoms with E-state index in [1.165, 1.54) is 0 Å². The van der Waals surface area contributed by atoms with Crippen molar-refractivity contribution < 1.29 is 0 Å². The zero-order valence-corrected chi connectivity index (χ0v) is 5.59. The van der Waals surface area contributed by atoms with Gasteiger partial charge in [0.25, 0.3) is 0 Å². The predicted octanol–water partition coefficient (Wildman–Crippen LogP) is 0.506. The number of hydrogen-bond donors (Lipinski definition) is 2. The van der Waals surface area contributed by atoms with Gasteiger partial charge in [0.15, 0.2) is 0 Å². The minimum Gasteiger partial charge on any atom is -0.399 e. The summed E-state index contributed by atoms with van der Waals surface area (Å²) in [5.74, 6) is 0. The van der Waals surface area contributed by atoms with E-state index in [1.54, 1.807) is 0 Å². The first kappa shape index (κ1) is 6.36. The lowest BCUT2D eigenvalue weighted by atomic mass is 9.94. The van der Waals surface area contributed by atoms with Crippen LogP contribution in [0.3, 0.4) is 0 Å². The summed E-state index contributed by atoms with van der Waals surface area (Å²) < 4.78 is 0. The molecule has 0 spiro atoms. The fourth-order valence-electron chi connectivity index (χ4n) is 0.937. The molecule has 0 amide bonds. The third-order valence-corrected chi connectivity index (χ3v) is 1.36. The molecule has 1 rings (SSSR count). The van der Waals surface area contributed by atoms with E-state index < -0.39 is 0 Å². The highest BCUT2D eigenvalue weighted by Gasteiger charge is 2.15. The van der Waals surface area contributed by atoms with Crippen molar-refractivity contribution in [1.82, 2.24) is 0 Å². The van der Waals surface area contributed by atoms with Crippen LogP contribution in [0.2, 0.25) is 0 Å². The first-order valence-electron chi connectivity index (χ1n) is 3.04. The van der Waals surface area contributed by atoms with Gasteiger partial charge in [0.05, 0.1) is 0 Å². The van der Waals surface area contributed by atoms with Crippen LogP contribution in [0.25, 0.3) is 0 Å². The molecule has 2 nitrogen and oxygen atoms in total. The lowest BCUT2D eigenvalue weighted by Gasteiger charge is -2.21. The zero-order valence-electron chi connectivity index (χ0n) is 5.59. The van der Waals surface area contributed by atoms with Gasteiger partial charge in [0.2, 0.25) is 0 Å². The van der Waals surface area contributed by atoms with Crippen LogP contribution in [0.5, 0.6) is 0 Å². The summed E-state index contributed by atoms with van der Waals surface area (Å²) in [7, 11) is 0. The minimum atomic E-state index is -0.223. The maximum Gasteiger partial charge on any atom is 0.0368 e. The van der Waals surface area contributed by atoms with Gasteiger partial charge in [-0.1, -0.05) is 6.08 Å². The topological polar surface area (TPSA) is 52.0 Å². The third kappa shape index (κ3) is 1.57. The van der Waals surface area contributed by atoms with Gasteiger partial charge < -0.3 is 11.5 Å². The van der Waals surface area contributed by atoms with Gasteiger partial charge in [0.1, 0.15) is 0 Å². The SMILES string of the molecule is CC1(N)C=C(N)C=CC1. The van der Waals surface area contributed by atoms with Gasteiger partial charge in [-0.2, -0.15) is 0 Å². The second kappa shape index (κ2) is 1.88. The Kier molecular flexibility index (Phi) is 1.33. The highest BCUT2D eigenvalue weighted by molar-refractivity contribution is 5.26. The average molecular weight is 124 g/mol. The van der Waals surface area contributed by atoms with Crippen LogP contribution in [0.1, 0.15) is 13.3 Å². The van der Waals surface area contributed by atoms with Gasteiger partial charge >= 0.3 is 0 Å². The standard InChI is InChI=1S/C7H12N2/c1-7(9)4-2-3-6(8)5-7/h2-3,5H,4,8-9H2,1H3. The summed E-state index contributed by atoms with van der Waals surface area (Å²) in [6.45, 7) is 1.96. The molecular weight excluding hydrogens is 112 g/mol. The van der Waals surface area contributed by atoms with Gasteiger partial charge in [-0.25, -0.2) is 0 Å². The Bertz CT molecular complexity index is 166. The molecule has 0 fully saturated rings. The molecule has 0 bridgehead atoms. The maximum absolute atomic E-state index is 5.76. The molecule has 1 atom stereocenters. The molecule has 0 heterocycles. The highest BCUT2D eigenvalue weighted by Crippen LogP contribution is 2.14. The molecule has 0 aromatic rings. The number of hydrogen-bond acceptors (Lipinski definition) is 2. The van der Waals surface area contributed by atoms with Crippen molar-refractivity contribution in [2.24, 2.45) is 11.5 Å². The molecule has 1 aliphatic rings. The summed E-state index contributed by atoms with van der Waals surface area (Å²) in [6, 6.07) is 0. The van der Waals surface area contributed by atoms with Crippen LogP contribution < -0.4 is 11.5 Å². The Morgan fingerprint density at radius 3 is 2.67 bits per heavy atom. The largest absolute Gasteiger partial charge is 0.399 e. The Morgan fingerprint density at radius 1 is 1.67 bits per heavy atom. The number of allylic oxidation sites excluding steroid dienone is 1. The van der Waals surface area contributed by atoms with Crippen LogP contribution in [0.15, 0.2) is 23.9 Å². The van der Waals surface area contributed by atoms with Crippen LogP contribution >= 0.6 is 0 Å². The lowest BCUT2D eigenvalue weighted by molar-refractivity contribution is 0.584. The van der Waals surface area contributed by atoms with Crippen molar-refractivity contribution in [2.45, 2.75) is 18.9 Å². The molecular formula is C7H12N2. The number of nitrogens with two attached hydrogens (primary N) is 2. The molecule has 1 unspecified atom stereocenters. The second-order valence-electron chi connectivity index (χ2n) is 2.76. The molecule has 9 heavy (non-hydrogen) atoms. The van der Waals surface area contributed by atoms with Crippen LogP contribution in [-0.4, -0.2) is 5.54 Å². The summed E-state index contributed by atoms with van der Waals surface area (Å²) in [4.78, 5) is 0. The Hall–Kier alpha value is -0.760. The van der Waals surface area contributed by atoms with Crippen molar-refractivity contribution >= 4 is 0 Å². The van der Waals surface area contributed by atoms with Gasteiger partial charge in [-0.3, -0.25) is 0 Å². The van der Waals surface area contributed by atoms with E-state index in [-0.39, 0.29) is 5.54 Å². The molecule has 0 aromatic heterocycles. The molecule has 0 radical (unpaired) electrons. The molecule has 0 aromatic carbocycles. The van der Waals surface area contributed by atoms with Crippen LogP contribution in [0.4, 0.5) is 0 Å². The molecule has 1 aliphatic carbocycles. The van der Waals surface area contributed by atoms with Crippen molar-refractivity contribution in [1.29, 1.82) is 0 Å². The summed E-state index contributed by atoms with van der Waals surface area (Å²) in [6.07, 6.45) is 6.64. The van der Waals surface area contributed by atoms with Crippen molar-refractivity contribution in [3.05, 3.63) is 23.9 Å². The van der Waals surface area contributed by atoms with Gasteiger partial charge in [-0.15, -0.1) is 0 Å². The average Bonchev–Trinajstić information content (AvgIpc) is 1.60. The highest BCUT2D eigenvalue weighted by atomic mass is 14.7. The summed E-state index contributed by atoms with van der Waals surface area (Å²) >= 11 is 0. The third-order valence-electron chi connectivity index (χ3n) is 1.36. The molecule has 2 heteroatoms. The van der Waals surface area contributed by atoms with Crippen LogP contribution in [0, 0.1) is 0 Å². The quantitative estimate of drug-likeness (QED) is 0.494. The number of rotatable bonds is 0. The minimum absolute atomic E-state index is 0.223. The van der Waals surface area contributed by atoms with Crippen molar-refractivity contribution in [2.75, 3.05) is 0 Å². The molecule has 4 N–H and O–H groups in total. The van der Waals surface area contributed by atoms with Gasteiger partial charge in [0, 0.05) is 11.2 Å². The second-order valence-corrected chi connectivity index (χ2v) is 2.76. The first-order valence-corrected chi connectivity index (χ1v) is 3.04. The van der Waals surface area contributed by atoms with E-state index >= 15 is 0 Å². The fraction of sp³-hybridized carbons (Fsp3) is 0.429. The van der Waals surface area contributed by atoms with E-state index in [0.717, 1.165) is 12.1 Å². The Balaban J connectivity index is 2.78. The normalized spacial score (nSPS) is 34.2. The maximum atomic E-state index is 5.76. The van der Waals surface area contributed by atoms with E-state index in [0.29, 0.717) is 0 Å². The monoisotopic (exact) mass is 124 g/mol. The van der Waals surface area contributed by atoms with E-state index in [9.17, 15) is 0 Å². The Labute approximate surface area is 55.2 Å². The van der Waals surface area contributed by atoms with Crippen molar-refractivity contribution in [3.63, 3.8) is 0 Å². The Morgan fingerprint density at radius 2 is 2.33 bits per heavy atom. The lowest BCUT2D eigenvalue weighted by Crippen LogP contribution is -2.35. The van der Waals surface area contributed by atoms with Gasteiger partial charge in [-0.05, 0) is 25.5 Å². The summed E-state index contributed by atoms with van der Waals surface area (Å²) in [5, 5.41) is 0. The first-order chi connectivity index (χ1) is 4.10. The van der Waals surface area contributed by atoms with Crippen LogP contribution in [-0.2, 0) is 0 Å². The summed E-state index contributed by atoms with van der Waals surface area (Å²) in [5.41, 5.74) is 11.8.